The zero-order valence-corrected chi connectivity index (χ0v) is 14.2. The van der Waals surface area contributed by atoms with E-state index < -0.39 is 6.89 Å². The molecule has 0 aliphatic carbocycles. The number of allylic oxidation sites excluding steroid dienone is 1. The lowest BCUT2D eigenvalue weighted by atomic mass is 10.3. The van der Waals surface area contributed by atoms with Gasteiger partial charge in [-0.25, -0.2) is 0 Å². The molecule has 0 aliphatic heterocycles. The van der Waals surface area contributed by atoms with Crippen molar-refractivity contribution in [2.24, 2.45) is 0 Å². The van der Waals surface area contributed by atoms with Crippen molar-refractivity contribution in [3.63, 3.8) is 0 Å². The topological polar surface area (TPSA) is 0 Å². The molecule has 0 aliphatic rings. The lowest BCUT2D eigenvalue weighted by Gasteiger charge is -2.23. The van der Waals surface area contributed by atoms with Crippen LogP contribution in [-0.2, 0) is 0 Å². The summed E-state index contributed by atoms with van der Waals surface area (Å²) in [6.07, 6.45) is 17.5. The minimum atomic E-state index is -0.881. The molecule has 0 aromatic carbocycles. The van der Waals surface area contributed by atoms with Crippen LogP contribution in [0.25, 0.3) is 0 Å². The third kappa shape index (κ3) is 8.23. The van der Waals surface area contributed by atoms with Crippen LogP contribution in [0.1, 0.15) is 79.1 Å². The summed E-state index contributed by atoms with van der Waals surface area (Å²) in [5.41, 5.74) is 3.92. The Morgan fingerprint density at radius 3 is 1.50 bits per heavy atom. The fourth-order valence-corrected chi connectivity index (χ4v) is 6.65. The van der Waals surface area contributed by atoms with Crippen LogP contribution >= 0.6 is 6.89 Å². The van der Waals surface area contributed by atoms with Crippen molar-refractivity contribution < 1.29 is 0 Å². The molecule has 0 amide bonds. The van der Waals surface area contributed by atoms with Gasteiger partial charge in [-0.1, -0.05) is 60.3 Å². The van der Waals surface area contributed by atoms with Crippen molar-refractivity contribution in [2.45, 2.75) is 79.1 Å². The SMILES string of the molecule is CCCC=C=P(CCCC)(CCCC)CCCC. The first-order valence-electron chi connectivity index (χ1n) is 8.20. The van der Waals surface area contributed by atoms with E-state index in [2.05, 4.69) is 39.2 Å². The van der Waals surface area contributed by atoms with Crippen LogP contribution in [0.4, 0.5) is 0 Å². The highest BCUT2D eigenvalue weighted by molar-refractivity contribution is 7.74. The first-order chi connectivity index (χ1) is 8.74. The molecule has 18 heavy (non-hydrogen) atoms. The summed E-state index contributed by atoms with van der Waals surface area (Å²) in [6, 6.07) is 0. The van der Waals surface area contributed by atoms with E-state index in [1.807, 2.05) is 0 Å². The van der Waals surface area contributed by atoms with Crippen LogP contribution in [0.2, 0.25) is 0 Å². The first-order valence-corrected chi connectivity index (χ1v) is 10.5. The molecule has 0 saturated carbocycles. The third-order valence-corrected chi connectivity index (χ3v) is 7.86. The maximum Gasteiger partial charge on any atom is -0.0261 e. The van der Waals surface area contributed by atoms with Gasteiger partial charge in [0.2, 0.25) is 0 Å². The van der Waals surface area contributed by atoms with Gasteiger partial charge in [-0.15, -0.1) is 5.45 Å². The standard InChI is InChI=1S/C17H35P/c1-5-9-13-17-18(14-10-6-2,15-11-7-3)16-12-8-4/h13H,5-12,14-16H2,1-4H3. The molecule has 0 fully saturated rings. The van der Waals surface area contributed by atoms with Crippen LogP contribution in [-0.4, -0.2) is 23.9 Å². The molecule has 0 N–H and O–H groups in total. The molecular formula is C17H35P. The molecular weight excluding hydrogens is 235 g/mol. The van der Waals surface area contributed by atoms with Crippen molar-refractivity contribution in [1.82, 2.24) is 0 Å². The van der Waals surface area contributed by atoms with E-state index in [-0.39, 0.29) is 0 Å². The summed E-state index contributed by atoms with van der Waals surface area (Å²) in [5, 5.41) is 0. The second-order valence-electron chi connectivity index (χ2n) is 5.50. The molecule has 0 nitrogen and oxygen atoms in total. The van der Waals surface area contributed by atoms with Gasteiger partial charge < -0.3 is 0 Å². The largest absolute Gasteiger partial charge is 0.131 e. The third-order valence-electron chi connectivity index (χ3n) is 3.62. The minimum absolute atomic E-state index is 0.881. The molecule has 0 unspecified atom stereocenters. The smallest absolute Gasteiger partial charge is 0.0261 e. The van der Waals surface area contributed by atoms with Crippen molar-refractivity contribution in [3.8, 4) is 0 Å². The monoisotopic (exact) mass is 270 g/mol. The van der Waals surface area contributed by atoms with Gasteiger partial charge in [0.05, 0.1) is 0 Å². The fourth-order valence-electron chi connectivity index (χ4n) is 2.31. The van der Waals surface area contributed by atoms with E-state index in [0.29, 0.717) is 0 Å². The van der Waals surface area contributed by atoms with Crippen LogP contribution in [0.5, 0.6) is 0 Å². The Labute approximate surface area is 116 Å². The zero-order chi connectivity index (χ0) is 13.7. The van der Waals surface area contributed by atoms with E-state index in [9.17, 15) is 0 Å². The van der Waals surface area contributed by atoms with E-state index >= 15 is 0 Å². The fraction of sp³-hybridized carbons (Fsp3) is 0.882. The van der Waals surface area contributed by atoms with Gasteiger partial charge in [0.15, 0.2) is 0 Å². The van der Waals surface area contributed by atoms with E-state index in [1.54, 1.807) is 0 Å². The summed E-state index contributed by atoms with van der Waals surface area (Å²) in [7, 11) is 0. The lowest BCUT2D eigenvalue weighted by molar-refractivity contribution is 0.845. The highest BCUT2D eigenvalue weighted by atomic mass is 31.2. The summed E-state index contributed by atoms with van der Waals surface area (Å²) >= 11 is 0. The van der Waals surface area contributed by atoms with Crippen LogP contribution < -0.4 is 0 Å². The molecule has 0 rings (SSSR count). The predicted octanol–water partition coefficient (Wildman–Crippen LogP) is 6.16. The van der Waals surface area contributed by atoms with Gasteiger partial charge in [-0.3, -0.25) is 0 Å². The minimum Gasteiger partial charge on any atom is -0.131 e. The molecule has 108 valence electrons. The molecule has 0 spiro atoms. The lowest BCUT2D eigenvalue weighted by Crippen LogP contribution is -2.02. The number of hydrogen-bond donors (Lipinski definition) is 0. The summed E-state index contributed by atoms with van der Waals surface area (Å²) < 4.78 is 0. The zero-order valence-electron chi connectivity index (χ0n) is 13.3. The number of rotatable bonds is 11. The van der Waals surface area contributed by atoms with E-state index in [0.717, 1.165) is 0 Å². The molecule has 0 heterocycles. The Morgan fingerprint density at radius 1 is 0.722 bits per heavy atom. The van der Waals surface area contributed by atoms with Crippen molar-refractivity contribution in [1.29, 1.82) is 0 Å². The van der Waals surface area contributed by atoms with Gasteiger partial charge in [0.25, 0.3) is 0 Å². The summed E-state index contributed by atoms with van der Waals surface area (Å²) in [4.78, 5) is 0. The first kappa shape index (κ1) is 18.1. The van der Waals surface area contributed by atoms with Gasteiger partial charge in [-0.2, -0.15) is 0 Å². The maximum atomic E-state index is 3.92. The van der Waals surface area contributed by atoms with Crippen molar-refractivity contribution in [3.05, 3.63) is 6.08 Å². The number of hydrogen-bond acceptors (Lipinski definition) is 0. The Hall–Kier alpha value is 0.0800. The highest BCUT2D eigenvalue weighted by Gasteiger charge is 2.14. The van der Waals surface area contributed by atoms with Gasteiger partial charge >= 0.3 is 0 Å². The van der Waals surface area contributed by atoms with Gasteiger partial charge in [0.1, 0.15) is 0 Å². The average Bonchev–Trinajstić information content (AvgIpc) is 2.40. The summed E-state index contributed by atoms with van der Waals surface area (Å²) in [6.45, 7) is 8.36. The van der Waals surface area contributed by atoms with Crippen LogP contribution in [0, 0.1) is 0 Å². The molecule has 0 bridgehead atoms. The molecule has 0 saturated heterocycles. The van der Waals surface area contributed by atoms with Gasteiger partial charge in [0, 0.05) is 0 Å². The Bertz CT molecular complexity index is 230. The Balaban J connectivity index is 4.90. The molecule has 1 heteroatoms. The molecule has 0 aromatic heterocycles. The molecule has 0 atom stereocenters. The van der Waals surface area contributed by atoms with Crippen molar-refractivity contribution in [2.75, 3.05) is 18.5 Å². The summed E-state index contributed by atoms with van der Waals surface area (Å²) in [5.74, 6) is 0. The van der Waals surface area contributed by atoms with Crippen LogP contribution in [0.15, 0.2) is 6.08 Å². The quantitative estimate of drug-likeness (QED) is 0.394. The maximum absolute atomic E-state index is 3.92. The van der Waals surface area contributed by atoms with E-state index in [4.69, 9.17) is 0 Å². The second kappa shape index (κ2) is 12.1. The molecule has 0 radical (unpaired) electrons. The predicted molar refractivity (Wildman–Crippen MR) is 90.7 cm³/mol. The number of unbranched alkanes of at least 4 members (excludes halogenated alkanes) is 4. The second-order valence-corrected chi connectivity index (χ2v) is 9.39. The van der Waals surface area contributed by atoms with Crippen molar-refractivity contribution >= 4 is 12.3 Å². The Morgan fingerprint density at radius 2 is 1.17 bits per heavy atom. The van der Waals surface area contributed by atoms with Crippen LogP contribution in [0.3, 0.4) is 0 Å². The average molecular weight is 270 g/mol. The van der Waals surface area contributed by atoms with Gasteiger partial charge in [-0.05, 0) is 50.2 Å². The molecule has 0 aromatic rings. The normalized spacial score (nSPS) is 11.3. The van der Waals surface area contributed by atoms with E-state index in [1.165, 1.54) is 69.9 Å². The Kier molecular flexibility index (Phi) is 12.2. The highest BCUT2D eigenvalue weighted by Crippen LogP contribution is 2.48.